The molecule has 1 rings (SSSR count). The monoisotopic (exact) mass is 224 g/mol. The molecule has 1 aromatic carbocycles. The van der Waals surface area contributed by atoms with Crippen molar-refractivity contribution in [2.24, 2.45) is 0 Å². The summed E-state index contributed by atoms with van der Waals surface area (Å²) in [6.45, 7) is 1.35. The zero-order valence-electron chi connectivity index (χ0n) is 8.04. The Hall–Kier alpha value is -1.11. The minimum Gasteiger partial charge on any atom is -0.790 e. The van der Waals surface area contributed by atoms with E-state index in [-0.39, 0.29) is 0 Å². The van der Waals surface area contributed by atoms with E-state index in [1.54, 1.807) is 30.3 Å². The maximum absolute atomic E-state index is 10.5. The number of phosphoric acid groups is 1. The fourth-order valence-electron chi connectivity index (χ4n) is 1.14. The van der Waals surface area contributed by atoms with Crippen molar-refractivity contribution >= 4 is 7.82 Å². The lowest BCUT2D eigenvalue weighted by Crippen LogP contribution is -2.29. The van der Waals surface area contributed by atoms with E-state index < -0.39 is 13.4 Å². The largest absolute Gasteiger partial charge is 0.790 e. The van der Waals surface area contributed by atoms with Gasteiger partial charge < -0.3 is 18.9 Å². The highest BCUT2D eigenvalue weighted by Crippen LogP contribution is 2.38. The van der Waals surface area contributed by atoms with E-state index in [9.17, 15) is 14.4 Å². The molecule has 0 amide bonds. The van der Waals surface area contributed by atoms with Gasteiger partial charge in [-0.15, -0.1) is 6.42 Å². The van der Waals surface area contributed by atoms with Crippen LogP contribution in [-0.4, -0.2) is 0 Å². The van der Waals surface area contributed by atoms with Gasteiger partial charge in [0.15, 0.2) is 5.60 Å². The van der Waals surface area contributed by atoms with Gasteiger partial charge in [-0.3, -0.25) is 0 Å². The molecule has 4 nitrogen and oxygen atoms in total. The van der Waals surface area contributed by atoms with Gasteiger partial charge in [0.1, 0.15) is 0 Å². The summed E-state index contributed by atoms with van der Waals surface area (Å²) in [5.74, 6) is 2.16. The zero-order chi connectivity index (χ0) is 11.5. The highest BCUT2D eigenvalue weighted by molar-refractivity contribution is 7.43. The van der Waals surface area contributed by atoms with Gasteiger partial charge in [-0.25, -0.2) is 0 Å². The van der Waals surface area contributed by atoms with Crippen molar-refractivity contribution in [2.45, 2.75) is 12.5 Å². The standard InChI is InChI=1S/C10H11O4P/c1-3-10(2,14-15(11,12)13)9-7-5-4-6-8-9/h1,4-8H,2H3,(H2,11,12,13)/p-2. The Morgan fingerprint density at radius 3 is 2.33 bits per heavy atom. The highest BCUT2D eigenvalue weighted by Gasteiger charge is 2.25. The number of benzene rings is 1. The van der Waals surface area contributed by atoms with E-state index in [1.165, 1.54) is 6.92 Å². The number of rotatable bonds is 3. The van der Waals surface area contributed by atoms with Crippen LogP contribution < -0.4 is 9.79 Å². The minimum atomic E-state index is -5.11. The molecule has 1 unspecified atom stereocenters. The summed E-state index contributed by atoms with van der Waals surface area (Å²) >= 11 is 0. The van der Waals surface area contributed by atoms with Gasteiger partial charge >= 0.3 is 0 Å². The summed E-state index contributed by atoms with van der Waals surface area (Å²) in [7, 11) is -5.11. The Kier molecular flexibility index (Phi) is 3.33. The summed E-state index contributed by atoms with van der Waals surface area (Å²) < 4.78 is 14.9. The number of terminal acetylenes is 1. The Morgan fingerprint density at radius 1 is 1.40 bits per heavy atom. The van der Waals surface area contributed by atoms with Crippen molar-refractivity contribution in [3.63, 3.8) is 0 Å². The van der Waals surface area contributed by atoms with E-state index in [1.807, 2.05) is 0 Å². The number of hydrogen-bond donors (Lipinski definition) is 0. The predicted octanol–water partition coefficient (Wildman–Crippen LogP) is 0.380. The third-order valence-electron chi connectivity index (χ3n) is 1.89. The highest BCUT2D eigenvalue weighted by atomic mass is 31.2. The molecule has 0 saturated carbocycles. The number of hydrogen-bond acceptors (Lipinski definition) is 4. The van der Waals surface area contributed by atoms with Crippen LogP contribution in [0.15, 0.2) is 30.3 Å². The Balaban J connectivity index is 3.08. The first-order valence-corrected chi connectivity index (χ1v) is 5.59. The topological polar surface area (TPSA) is 72.4 Å². The fourth-order valence-corrected chi connectivity index (χ4v) is 1.75. The molecule has 15 heavy (non-hydrogen) atoms. The second kappa shape index (κ2) is 4.18. The Morgan fingerprint density at radius 2 is 1.93 bits per heavy atom. The van der Waals surface area contributed by atoms with Crippen LogP contribution in [0.3, 0.4) is 0 Å². The van der Waals surface area contributed by atoms with Crippen LogP contribution in [0, 0.1) is 12.3 Å². The molecule has 0 aromatic heterocycles. The quantitative estimate of drug-likeness (QED) is 0.549. The van der Waals surface area contributed by atoms with E-state index in [0.717, 1.165) is 0 Å². The number of phosphoric ester groups is 1. The third-order valence-corrected chi connectivity index (χ3v) is 2.48. The smallest absolute Gasteiger partial charge is 0.155 e. The van der Waals surface area contributed by atoms with Gasteiger partial charge in [0, 0.05) is 0 Å². The minimum absolute atomic E-state index is 0.444. The summed E-state index contributed by atoms with van der Waals surface area (Å²) in [5, 5.41) is 0. The average molecular weight is 224 g/mol. The molecule has 0 bridgehead atoms. The molecular formula is C10H9O4P-2. The van der Waals surface area contributed by atoms with Crippen LogP contribution in [0.4, 0.5) is 0 Å². The van der Waals surface area contributed by atoms with Crippen molar-refractivity contribution in [1.82, 2.24) is 0 Å². The van der Waals surface area contributed by atoms with Gasteiger partial charge in [0.25, 0.3) is 0 Å². The van der Waals surface area contributed by atoms with Gasteiger partial charge in [-0.1, -0.05) is 36.3 Å². The summed E-state index contributed by atoms with van der Waals surface area (Å²) in [6.07, 6.45) is 5.17. The molecule has 0 fully saturated rings. The van der Waals surface area contributed by atoms with Gasteiger partial charge in [-0.05, 0) is 12.5 Å². The molecule has 0 heterocycles. The van der Waals surface area contributed by atoms with E-state index in [4.69, 9.17) is 6.42 Å². The Labute approximate surface area is 88.1 Å². The molecule has 0 spiro atoms. The van der Waals surface area contributed by atoms with Crippen molar-refractivity contribution in [1.29, 1.82) is 0 Å². The lowest BCUT2D eigenvalue weighted by atomic mass is 9.97. The van der Waals surface area contributed by atoms with Gasteiger partial charge in [-0.2, -0.15) is 0 Å². The van der Waals surface area contributed by atoms with Crippen molar-refractivity contribution < 1.29 is 18.9 Å². The first-order chi connectivity index (χ1) is 6.87. The normalized spacial score (nSPS) is 15.3. The van der Waals surface area contributed by atoms with E-state index >= 15 is 0 Å². The molecular weight excluding hydrogens is 215 g/mol. The first-order valence-electron chi connectivity index (χ1n) is 4.13. The first kappa shape index (κ1) is 12.0. The van der Waals surface area contributed by atoms with Crippen LogP contribution in [0.5, 0.6) is 0 Å². The summed E-state index contributed by atoms with van der Waals surface area (Å²) in [5.41, 5.74) is -1.10. The SMILES string of the molecule is C#CC(C)(OP(=O)([O-])[O-])c1ccccc1. The second-order valence-corrected chi connectivity index (χ2v) is 4.16. The van der Waals surface area contributed by atoms with Crippen LogP contribution >= 0.6 is 7.82 Å². The second-order valence-electron chi connectivity index (χ2n) is 3.08. The zero-order valence-corrected chi connectivity index (χ0v) is 8.94. The maximum atomic E-state index is 10.5. The molecule has 1 aromatic rings. The summed E-state index contributed by atoms with van der Waals surface area (Å²) in [4.78, 5) is 21.1. The van der Waals surface area contributed by atoms with E-state index in [0.29, 0.717) is 5.56 Å². The third kappa shape index (κ3) is 3.19. The fraction of sp³-hybridized carbons (Fsp3) is 0.200. The molecule has 0 radical (unpaired) electrons. The molecule has 5 heteroatoms. The molecule has 0 aliphatic carbocycles. The van der Waals surface area contributed by atoms with Gasteiger partial charge in [0.2, 0.25) is 0 Å². The maximum Gasteiger partial charge on any atom is 0.155 e. The molecule has 0 saturated heterocycles. The van der Waals surface area contributed by atoms with Crippen molar-refractivity contribution in [3.05, 3.63) is 35.9 Å². The van der Waals surface area contributed by atoms with Crippen molar-refractivity contribution in [3.8, 4) is 12.3 Å². The molecule has 0 aliphatic heterocycles. The molecule has 0 N–H and O–H groups in total. The average Bonchev–Trinajstić information content (AvgIpc) is 2.16. The lowest BCUT2D eigenvalue weighted by Gasteiger charge is -2.37. The molecule has 80 valence electrons. The van der Waals surface area contributed by atoms with E-state index in [2.05, 4.69) is 10.4 Å². The molecule has 1 atom stereocenters. The lowest BCUT2D eigenvalue weighted by molar-refractivity contribution is -0.347. The molecule has 0 aliphatic rings. The predicted molar refractivity (Wildman–Crippen MR) is 51.3 cm³/mol. The summed E-state index contributed by atoms with van der Waals surface area (Å²) in [6, 6.07) is 8.28. The van der Waals surface area contributed by atoms with Gasteiger partial charge in [0.05, 0.1) is 7.82 Å². The van der Waals surface area contributed by atoms with Crippen LogP contribution in [-0.2, 0) is 14.7 Å². The Bertz CT molecular complexity index is 417. The van der Waals surface area contributed by atoms with Crippen LogP contribution in [0.1, 0.15) is 12.5 Å². The van der Waals surface area contributed by atoms with Crippen molar-refractivity contribution in [2.75, 3.05) is 0 Å². The van der Waals surface area contributed by atoms with Crippen LogP contribution in [0.2, 0.25) is 0 Å². The van der Waals surface area contributed by atoms with Crippen LogP contribution in [0.25, 0.3) is 0 Å².